The summed E-state index contributed by atoms with van der Waals surface area (Å²) < 4.78 is 9.23. The SMILES string of the molecule is COC=O.COc1cc(C)c(-c2cc(Sc3cccc(O)c3)nc(N)n2)cc1C. The molecule has 152 valence electrons. The molecule has 8 heteroatoms. The van der Waals surface area contributed by atoms with Crippen molar-refractivity contribution in [1.29, 1.82) is 0 Å². The second-order valence-electron chi connectivity index (χ2n) is 6.02. The summed E-state index contributed by atoms with van der Waals surface area (Å²) in [5, 5.41) is 10.3. The summed E-state index contributed by atoms with van der Waals surface area (Å²) in [4.78, 5) is 18.5. The summed E-state index contributed by atoms with van der Waals surface area (Å²) in [6.07, 6.45) is 0. The first-order valence-corrected chi connectivity index (χ1v) is 9.43. The number of benzene rings is 2. The van der Waals surface area contributed by atoms with Gasteiger partial charge >= 0.3 is 0 Å². The average Bonchev–Trinajstić information content (AvgIpc) is 2.69. The van der Waals surface area contributed by atoms with Gasteiger partial charge < -0.3 is 20.3 Å². The molecule has 1 aromatic heterocycles. The van der Waals surface area contributed by atoms with E-state index in [0.29, 0.717) is 6.47 Å². The number of hydrogen-bond donors (Lipinski definition) is 2. The fraction of sp³-hybridized carbons (Fsp3) is 0.190. The standard InChI is InChI=1S/C19H19N3O2S.C2H4O2/c1-11-8-17(24-3)12(2)7-15(11)16-10-18(22-19(20)21-16)25-14-6-4-5-13(23)9-14;1-4-2-3/h4-10,23H,1-3H3,(H2,20,21,22);2H,1H3. The number of rotatable bonds is 5. The number of phenols is 1. The lowest BCUT2D eigenvalue weighted by Crippen LogP contribution is -1.99. The molecule has 0 saturated carbocycles. The third-order valence-corrected chi connectivity index (χ3v) is 4.78. The van der Waals surface area contributed by atoms with E-state index in [0.717, 1.165) is 38.1 Å². The first-order valence-electron chi connectivity index (χ1n) is 8.61. The number of nitrogen functional groups attached to an aromatic ring is 1. The monoisotopic (exact) mass is 413 g/mol. The van der Waals surface area contributed by atoms with Crippen molar-refractivity contribution in [3.63, 3.8) is 0 Å². The Labute approximate surface area is 173 Å². The third-order valence-electron chi connectivity index (χ3n) is 3.87. The van der Waals surface area contributed by atoms with Gasteiger partial charge in [-0.2, -0.15) is 0 Å². The van der Waals surface area contributed by atoms with Crippen LogP contribution in [0.5, 0.6) is 11.5 Å². The van der Waals surface area contributed by atoms with E-state index in [-0.39, 0.29) is 11.7 Å². The van der Waals surface area contributed by atoms with Gasteiger partial charge in [0.25, 0.3) is 6.47 Å². The number of carbonyl (C=O) groups is 1. The van der Waals surface area contributed by atoms with Gasteiger partial charge in [0, 0.05) is 10.5 Å². The molecule has 0 bridgehead atoms. The maximum Gasteiger partial charge on any atom is 0.292 e. The van der Waals surface area contributed by atoms with E-state index in [1.54, 1.807) is 25.3 Å². The molecule has 2 aromatic carbocycles. The highest BCUT2D eigenvalue weighted by Crippen LogP contribution is 2.33. The molecule has 0 atom stereocenters. The minimum atomic E-state index is 0.216. The highest BCUT2D eigenvalue weighted by Gasteiger charge is 2.11. The van der Waals surface area contributed by atoms with Crippen LogP contribution in [0.4, 0.5) is 5.95 Å². The number of phenolic OH excluding ortho intramolecular Hbond substituents is 1. The van der Waals surface area contributed by atoms with Gasteiger partial charge in [0.1, 0.15) is 16.5 Å². The molecule has 7 nitrogen and oxygen atoms in total. The maximum atomic E-state index is 9.61. The maximum absolute atomic E-state index is 9.61. The van der Waals surface area contributed by atoms with E-state index in [2.05, 4.69) is 14.7 Å². The molecule has 0 fully saturated rings. The first-order chi connectivity index (χ1) is 13.9. The Bertz CT molecular complexity index is 996. The summed E-state index contributed by atoms with van der Waals surface area (Å²) >= 11 is 1.43. The topological polar surface area (TPSA) is 108 Å². The second kappa shape index (κ2) is 10.3. The van der Waals surface area contributed by atoms with Crippen LogP contribution >= 0.6 is 11.8 Å². The van der Waals surface area contributed by atoms with E-state index in [1.807, 2.05) is 38.1 Å². The molecule has 0 saturated heterocycles. The van der Waals surface area contributed by atoms with E-state index < -0.39 is 0 Å². The van der Waals surface area contributed by atoms with Crippen LogP contribution in [0.2, 0.25) is 0 Å². The van der Waals surface area contributed by atoms with Gasteiger partial charge in [0.2, 0.25) is 5.95 Å². The molecule has 0 aliphatic heterocycles. The number of ether oxygens (including phenoxy) is 2. The van der Waals surface area contributed by atoms with Crippen LogP contribution in [0.15, 0.2) is 52.4 Å². The highest BCUT2D eigenvalue weighted by molar-refractivity contribution is 7.99. The zero-order chi connectivity index (χ0) is 21.4. The number of nitrogens with zero attached hydrogens (tertiary/aromatic N) is 2. The van der Waals surface area contributed by atoms with Gasteiger partial charge in [0.05, 0.1) is 19.9 Å². The fourth-order valence-electron chi connectivity index (χ4n) is 2.59. The molecule has 3 rings (SSSR count). The Kier molecular flexibility index (Phi) is 7.85. The van der Waals surface area contributed by atoms with Crippen molar-refractivity contribution in [2.24, 2.45) is 0 Å². The molecular weight excluding hydrogens is 390 g/mol. The third kappa shape index (κ3) is 6.11. The van der Waals surface area contributed by atoms with Crippen LogP contribution in [0, 0.1) is 13.8 Å². The lowest BCUT2D eigenvalue weighted by Gasteiger charge is -2.12. The van der Waals surface area contributed by atoms with Crippen LogP contribution in [0.3, 0.4) is 0 Å². The number of aryl methyl sites for hydroxylation is 2. The average molecular weight is 413 g/mol. The predicted molar refractivity (Wildman–Crippen MR) is 113 cm³/mol. The Morgan fingerprint density at radius 2 is 1.79 bits per heavy atom. The normalized spacial score (nSPS) is 9.93. The van der Waals surface area contributed by atoms with E-state index in [1.165, 1.54) is 18.9 Å². The minimum absolute atomic E-state index is 0.216. The Morgan fingerprint density at radius 1 is 1.07 bits per heavy atom. The molecule has 0 radical (unpaired) electrons. The number of anilines is 1. The quantitative estimate of drug-likeness (QED) is 0.477. The van der Waals surface area contributed by atoms with Gasteiger partial charge in [-0.1, -0.05) is 17.8 Å². The first kappa shape index (κ1) is 22.0. The highest BCUT2D eigenvalue weighted by atomic mass is 32.2. The van der Waals surface area contributed by atoms with Gasteiger partial charge in [-0.05, 0) is 61.4 Å². The molecule has 0 aliphatic rings. The molecule has 29 heavy (non-hydrogen) atoms. The molecule has 0 aliphatic carbocycles. The Morgan fingerprint density at radius 3 is 2.41 bits per heavy atom. The van der Waals surface area contributed by atoms with Crippen molar-refractivity contribution in [3.05, 3.63) is 53.6 Å². The number of aromatic nitrogens is 2. The van der Waals surface area contributed by atoms with Crippen molar-refractivity contribution < 1.29 is 19.4 Å². The van der Waals surface area contributed by atoms with Crippen molar-refractivity contribution in [2.45, 2.75) is 23.8 Å². The summed E-state index contributed by atoms with van der Waals surface area (Å²) in [5.74, 6) is 1.28. The molecule has 0 unspecified atom stereocenters. The van der Waals surface area contributed by atoms with Gasteiger partial charge in [-0.15, -0.1) is 0 Å². The van der Waals surface area contributed by atoms with E-state index in [9.17, 15) is 5.11 Å². The van der Waals surface area contributed by atoms with Crippen molar-refractivity contribution in [2.75, 3.05) is 20.0 Å². The number of methoxy groups -OCH3 is 2. The largest absolute Gasteiger partial charge is 0.508 e. The molecule has 1 heterocycles. The van der Waals surface area contributed by atoms with Crippen molar-refractivity contribution >= 4 is 24.2 Å². The zero-order valence-corrected chi connectivity index (χ0v) is 17.5. The molecule has 3 aromatic rings. The Hall–Kier alpha value is -3.26. The van der Waals surface area contributed by atoms with Gasteiger partial charge in [0.15, 0.2) is 0 Å². The van der Waals surface area contributed by atoms with Crippen LogP contribution in [0.1, 0.15) is 11.1 Å². The molecule has 3 N–H and O–H groups in total. The second-order valence-corrected chi connectivity index (χ2v) is 7.11. The smallest absolute Gasteiger partial charge is 0.292 e. The van der Waals surface area contributed by atoms with Gasteiger partial charge in [-0.3, -0.25) is 4.79 Å². The lowest BCUT2D eigenvalue weighted by molar-refractivity contribution is -0.126. The summed E-state index contributed by atoms with van der Waals surface area (Å²) in [6.45, 7) is 4.38. The number of aromatic hydroxyl groups is 1. The predicted octanol–water partition coefficient (Wildman–Crippen LogP) is 4.00. The van der Waals surface area contributed by atoms with E-state index >= 15 is 0 Å². The molecule has 0 spiro atoms. The van der Waals surface area contributed by atoms with Crippen LogP contribution < -0.4 is 10.5 Å². The lowest BCUT2D eigenvalue weighted by atomic mass is 10.0. The summed E-state index contributed by atoms with van der Waals surface area (Å²) in [7, 11) is 2.97. The summed E-state index contributed by atoms with van der Waals surface area (Å²) in [5.41, 5.74) is 9.75. The van der Waals surface area contributed by atoms with E-state index in [4.69, 9.17) is 15.3 Å². The van der Waals surface area contributed by atoms with Crippen LogP contribution in [-0.4, -0.2) is 35.8 Å². The number of nitrogens with two attached hydrogens (primary N) is 1. The van der Waals surface area contributed by atoms with Gasteiger partial charge in [-0.25, -0.2) is 9.97 Å². The minimum Gasteiger partial charge on any atom is -0.508 e. The van der Waals surface area contributed by atoms with Crippen molar-refractivity contribution in [3.8, 4) is 22.8 Å². The number of carbonyl (C=O) groups excluding carboxylic acids is 1. The molecular formula is C21H23N3O4S. The number of hydrogen-bond acceptors (Lipinski definition) is 8. The van der Waals surface area contributed by atoms with Crippen LogP contribution in [0.25, 0.3) is 11.3 Å². The Balaban J connectivity index is 0.000000687. The van der Waals surface area contributed by atoms with Crippen molar-refractivity contribution in [1.82, 2.24) is 9.97 Å². The fourth-order valence-corrected chi connectivity index (χ4v) is 3.46. The van der Waals surface area contributed by atoms with Crippen LogP contribution in [-0.2, 0) is 9.53 Å². The summed E-state index contributed by atoms with van der Waals surface area (Å²) in [6, 6.07) is 13.0. The molecule has 0 amide bonds. The zero-order valence-electron chi connectivity index (χ0n) is 16.7.